The van der Waals surface area contributed by atoms with Crippen molar-refractivity contribution in [2.45, 2.75) is 0 Å². The summed E-state index contributed by atoms with van der Waals surface area (Å²) in [7, 11) is 0. The molecule has 2 rings (SSSR count). The van der Waals surface area contributed by atoms with Gasteiger partial charge in [-0.1, -0.05) is 11.6 Å². The Morgan fingerprint density at radius 3 is 2.77 bits per heavy atom. The molecule has 0 saturated carbocycles. The largest absolute Gasteiger partial charge is 0.349 e. The van der Waals surface area contributed by atoms with Gasteiger partial charge in [0.05, 0.1) is 0 Å². The minimum absolute atomic E-state index is 0.136. The fourth-order valence-corrected chi connectivity index (χ4v) is 1.05. The zero-order chi connectivity index (χ0) is 9.26. The van der Waals surface area contributed by atoms with E-state index in [1.807, 2.05) is 0 Å². The highest BCUT2D eigenvalue weighted by molar-refractivity contribution is 6.30. The Labute approximate surface area is 77.2 Å². The summed E-state index contributed by atoms with van der Waals surface area (Å²) in [6.45, 7) is 0. The summed E-state index contributed by atoms with van der Waals surface area (Å²) >= 11 is 5.70. The van der Waals surface area contributed by atoms with Crippen LogP contribution < -0.4 is 5.69 Å². The highest BCUT2D eigenvalue weighted by atomic mass is 35.5. The van der Waals surface area contributed by atoms with E-state index in [9.17, 15) is 4.79 Å². The summed E-state index contributed by atoms with van der Waals surface area (Å²) in [6.07, 6.45) is 4.12. The molecule has 0 bridgehead atoms. The van der Waals surface area contributed by atoms with Crippen LogP contribution in [-0.2, 0) is 0 Å². The van der Waals surface area contributed by atoms with Gasteiger partial charge < -0.3 is 0 Å². The SMILES string of the molecule is O=c1[nH]cnn1-c1nccnc1Cl. The molecule has 6 nitrogen and oxygen atoms in total. The van der Waals surface area contributed by atoms with Gasteiger partial charge in [-0.15, -0.1) is 0 Å². The van der Waals surface area contributed by atoms with Crippen molar-refractivity contribution in [1.29, 1.82) is 0 Å². The zero-order valence-electron chi connectivity index (χ0n) is 6.31. The average Bonchev–Trinajstić information content (AvgIpc) is 2.52. The van der Waals surface area contributed by atoms with E-state index in [4.69, 9.17) is 11.6 Å². The van der Waals surface area contributed by atoms with Crippen molar-refractivity contribution >= 4 is 11.6 Å². The van der Waals surface area contributed by atoms with Crippen LogP contribution in [0.1, 0.15) is 0 Å². The Morgan fingerprint density at radius 2 is 2.15 bits per heavy atom. The Bertz CT molecular complexity index is 476. The van der Waals surface area contributed by atoms with Crippen LogP contribution in [0.2, 0.25) is 5.15 Å². The van der Waals surface area contributed by atoms with E-state index in [1.165, 1.54) is 18.7 Å². The normalized spacial score (nSPS) is 10.2. The van der Waals surface area contributed by atoms with E-state index in [0.717, 1.165) is 4.68 Å². The predicted octanol–water partition coefficient (Wildman–Crippen LogP) is 0.00400. The fraction of sp³-hybridized carbons (Fsp3) is 0. The van der Waals surface area contributed by atoms with Crippen molar-refractivity contribution < 1.29 is 0 Å². The molecule has 0 unspecified atom stereocenters. The molecule has 1 N–H and O–H groups in total. The number of nitrogens with one attached hydrogen (secondary N) is 1. The molecular formula is C6H4ClN5O. The van der Waals surface area contributed by atoms with Gasteiger partial charge in [0.25, 0.3) is 0 Å². The zero-order valence-corrected chi connectivity index (χ0v) is 7.06. The summed E-state index contributed by atoms with van der Waals surface area (Å²) in [5.74, 6) is 0.218. The van der Waals surface area contributed by atoms with Crippen molar-refractivity contribution in [2.75, 3.05) is 0 Å². The predicted molar refractivity (Wildman–Crippen MR) is 44.8 cm³/mol. The standard InChI is InChI=1S/C6H4ClN5O/c7-4-5(9-2-1-8-4)12-6(13)10-3-11-12/h1-3H,(H,10,11,13). The second-order valence-corrected chi connectivity index (χ2v) is 2.53. The number of halogens is 1. The molecule has 0 amide bonds. The van der Waals surface area contributed by atoms with Crippen LogP contribution in [0.3, 0.4) is 0 Å². The summed E-state index contributed by atoms with van der Waals surface area (Å²) in [5, 5.41) is 3.84. The quantitative estimate of drug-likeness (QED) is 0.699. The molecule has 2 aromatic rings. The smallest absolute Gasteiger partial charge is 0.295 e. The summed E-state index contributed by atoms with van der Waals surface area (Å²) < 4.78 is 1.04. The molecule has 0 aliphatic rings. The summed E-state index contributed by atoms with van der Waals surface area (Å²) in [6, 6.07) is 0. The van der Waals surface area contributed by atoms with Crippen LogP contribution in [0.25, 0.3) is 5.82 Å². The van der Waals surface area contributed by atoms with Crippen molar-refractivity contribution in [3.05, 3.63) is 34.4 Å². The van der Waals surface area contributed by atoms with Crippen LogP contribution in [0.15, 0.2) is 23.5 Å². The van der Waals surface area contributed by atoms with Crippen molar-refractivity contribution in [3.8, 4) is 5.82 Å². The fourth-order valence-electron chi connectivity index (χ4n) is 0.862. The van der Waals surface area contributed by atoms with Gasteiger partial charge >= 0.3 is 5.69 Å². The van der Waals surface area contributed by atoms with Crippen LogP contribution >= 0.6 is 11.6 Å². The lowest BCUT2D eigenvalue weighted by molar-refractivity contribution is 0.805. The van der Waals surface area contributed by atoms with E-state index in [-0.39, 0.29) is 11.0 Å². The second kappa shape index (κ2) is 2.98. The number of hydrogen-bond acceptors (Lipinski definition) is 4. The van der Waals surface area contributed by atoms with Gasteiger partial charge in [-0.2, -0.15) is 9.78 Å². The molecule has 0 spiro atoms. The van der Waals surface area contributed by atoms with E-state index in [1.54, 1.807) is 0 Å². The van der Waals surface area contributed by atoms with Crippen molar-refractivity contribution in [3.63, 3.8) is 0 Å². The number of nitrogens with zero attached hydrogens (tertiary/aromatic N) is 4. The third kappa shape index (κ3) is 1.31. The van der Waals surface area contributed by atoms with Gasteiger partial charge in [-0.05, 0) is 0 Å². The number of H-pyrrole nitrogens is 1. The monoisotopic (exact) mass is 197 g/mol. The highest BCUT2D eigenvalue weighted by Crippen LogP contribution is 2.09. The molecule has 0 atom stereocenters. The molecule has 0 aromatic carbocycles. The minimum atomic E-state index is -0.401. The van der Waals surface area contributed by atoms with Crippen LogP contribution in [0.4, 0.5) is 0 Å². The molecule has 0 aliphatic heterocycles. The first kappa shape index (κ1) is 7.93. The van der Waals surface area contributed by atoms with Gasteiger partial charge in [0.2, 0.25) is 0 Å². The Hall–Kier alpha value is -1.69. The van der Waals surface area contributed by atoms with Gasteiger partial charge in [-0.3, -0.25) is 4.98 Å². The maximum absolute atomic E-state index is 11.1. The number of aromatic nitrogens is 5. The lowest BCUT2D eigenvalue weighted by Gasteiger charge is -1.97. The van der Waals surface area contributed by atoms with E-state index in [2.05, 4.69) is 20.1 Å². The first-order valence-corrected chi connectivity index (χ1v) is 3.76. The molecule has 0 aliphatic carbocycles. The molecule has 0 radical (unpaired) electrons. The maximum atomic E-state index is 11.1. The molecule has 13 heavy (non-hydrogen) atoms. The van der Waals surface area contributed by atoms with Gasteiger partial charge in [0, 0.05) is 12.4 Å². The third-order valence-corrected chi connectivity index (χ3v) is 1.66. The van der Waals surface area contributed by atoms with E-state index < -0.39 is 5.69 Å². The maximum Gasteiger partial charge on any atom is 0.349 e. The Morgan fingerprint density at radius 1 is 1.38 bits per heavy atom. The Kier molecular flexibility index (Phi) is 1.82. The highest BCUT2D eigenvalue weighted by Gasteiger charge is 2.07. The first-order chi connectivity index (χ1) is 6.29. The van der Waals surface area contributed by atoms with Gasteiger partial charge in [0.1, 0.15) is 6.33 Å². The van der Waals surface area contributed by atoms with E-state index in [0.29, 0.717) is 0 Å². The lowest BCUT2D eigenvalue weighted by atomic mass is 10.6. The number of rotatable bonds is 1. The Balaban J connectivity index is 2.66. The molecule has 66 valence electrons. The number of aromatic amines is 1. The van der Waals surface area contributed by atoms with Crippen molar-refractivity contribution in [1.82, 2.24) is 24.7 Å². The molecule has 2 aromatic heterocycles. The summed E-state index contributed by atoms with van der Waals surface area (Å²) in [5.41, 5.74) is -0.401. The lowest BCUT2D eigenvalue weighted by Crippen LogP contribution is -2.17. The average molecular weight is 198 g/mol. The topological polar surface area (TPSA) is 76.5 Å². The van der Waals surface area contributed by atoms with Crippen LogP contribution in [-0.4, -0.2) is 24.7 Å². The summed E-state index contributed by atoms with van der Waals surface area (Å²) in [4.78, 5) is 21.1. The minimum Gasteiger partial charge on any atom is -0.295 e. The van der Waals surface area contributed by atoms with Gasteiger partial charge in [0.15, 0.2) is 11.0 Å². The van der Waals surface area contributed by atoms with Crippen LogP contribution in [0.5, 0.6) is 0 Å². The molecule has 2 heterocycles. The van der Waals surface area contributed by atoms with Crippen molar-refractivity contribution in [2.24, 2.45) is 0 Å². The molecule has 7 heteroatoms. The third-order valence-electron chi connectivity index (χ3n) is 1.39. The number of hydrogen-bond donors (Lipinski definition) is 1. The molecular weight excluding hydrogens is 194 g/mol. The van der Waals surface area contributed by atoms with Gasteiger partial charge in [-0.25, -0.2) is 14.8 Å². The first-order valence-electron chi connectivity index (χ1n) is 3.38. The van der Waals surface area contributed by atoms with E-state index >= 15 is 0 Å². The second-order valence-electron chi connectivity index (χ2n) is 2.18. The molecule has 0 fully saturated rings. The van der Waals surface area contributed by atoms with Crippen LogP contribution in [0, 0.1) is 0 Å². The molecule has 0 saturated heterocycles.